The van der Waals surface area contributed by atoms with Crippen molar-refractivity contribution in [3.8, 4) is 33.4 Å². The van der Waals surface area contributed by atoms with Gasteiger partial charge in [0.1, 0.15) is 11.2 Å². The highest BCUT2D eigenvalue weighted by Gasteiger charge is 2.20. The van der Waals surface area contributed by atoms with Gasteiger partial charge in [0.15, 0.2) is 0 Å². The quantitative estimate of drug-likeness (QED) is 0.197. The third-order valence-corrected chi connectivity index (χ3v) is 8.19. The standard InChI is InChI=1S/C42H26O/c1-3-12-27(13-4-1)29-22-23-30-25-37-39(26-31(30)24-29)43-38-21-11-20-36(42(37)38)41-34-18-9-7-16-32(34)40(28-14-5-2-6-15-28)33-17-8-10-19-35(33)41/h1-26H/i1D,2D,3D,4D,5D,6D,12D,13D,14D,15D. The zero-order valence-electron chi connectivity index (χ0n) is 32.6. The molecule has 0 saturated carbocycles. The zero-order chi connectivity index (χ0) is 37.0. The van der Waals surface area contributed by atoms with Crippen LogP contribution in [0.2, 0.25) is 0 Å². The monoisotopic (exact) mass is 556 g/mol. The number of furan rings is 1. The van der Waals surface area contributed by atoms with Gasteiger partial charge in [-0.1, -0.05) is 133 Å². The normalized spacial score (nSPS) is 15.0. The Kier molecular flexibility index (Phi) is 3.53. The summed E-state index contributed by atoms with van der Waals surface area (Å²) in [7, 11) is 0. The van der Waals surface area contributed by atoms with Crippen molar-refractivity contribution in [1.29, 1.82) is 0 Å². The van der Waals surface area contributed by atoms with Gasteiger partial charge >= 0.3 is 0 Å². The largest absolute Gasteiger partial charge is 0.456 e. The molecule has 0 fully saturated rings. The third kappa shape index (κ3) is 3.72. The van der Waals surface area contributed by atoms with Gasteiger partial charge < -0.3 is 4.42 Å². The molecule has 0 spiro atoms. The van der Waals surface area contributed by atoms with E-state index in [4.69, 9.17) is 18.1 Å². The van der Waals surface area contributed by atoms with Gasteiger partial charge in [-0.3, -0.25) is 0 Å². The van der Waals surface area contributed by atoms with E-state index < -0.39 is 12.1 Å². The summed E-state index contributed by atoms with van der Waals surface area (Å²) < 4.78 is 90.5. The fraction of sp³-hybridized carbons (Fsp3) is 0. The first-order valence-electron chi connectivity index (χ1n) is 18.9. The van der Waals surface area contributed by atoms with Gasteiger partial charge in [-0.2, -0.15) is 0 Å². The summed E-state index contributed by atoms with van der Waals surface area (Å²) in [6, 6.07) is 27.3. The maximum atomic E-state index is 8.87. The molecule has 1 heteroatoms. The molecule has 1 heterocycles. The molecule has 0 unspecified atom stereocenters. The molecule has 9 aromatic rings. The van der Waals surface area contributed by atoms with E-state index in [0.29, 0.717) is 22.3 Å². The molecule has 43 heavy (non-hydrogen) atoms. The fourth-order valence-corrected chi connectivity index (χ4v) is 6.39. The second-order valence-corrected chi connectivity index (χ2v) is 10.5. The van der Waals surface area contributed by atoms with Gasteiger partial charge in [-0.15, -0.1) is 0 Å². The lowest BCUT2D eigenvalue weighted by Gasteiger charge is -2.18. The molecule has 9 rings (SSSR count). The van der Waals surface area contributed by atoms with Crippen LogP contribution < -0.4 is 0 Å². The van der Waals surface area contributed by atoms with Gasteiger partial charge in [0.2, 0.25) is 0 Å². The Balaban J connectivity index is 1.33. The van der Waals surface area contributed by atoms with Crippen LogP contribution in [-0.4, -0.2) is 0 Å². The van der Waals surface area contributed by atoms with E-state index in [-0.39, 0.29) is 59.5 Å². The first-order chi connectivity index (χ1) is 25.5. The Morgan fingerprint density at radius 2 is 1.05 bits per heavy atom. The minimum atomic E-state index is -0.440. The molecule has 1 nitrogen and oxygen atoms in total. The smallest absolute Gasteiger partial charge is 0.136 e. The molecule has 8 aromatic carbocycles. The Morgan fingerprint density at radius 3 is 1.72 bits per heavy atom. The minimum absolute atomic E-state index is 0.135. The molecular formula is C42H26O. The molecule has 1 aromatic heterocycles. The second-order valence-electron chi connectivity index (χ2n) is 10.5. The Labute approximate surface area is 263 Å². The highest BCUT2D eigenvalue weighted by Crippen LogP contribution is 2.47. The van der Waals surface area contributed by atoms with Crippen LogP contribution in [0.3, 0.4) is 0 Å². The Bertz CT molecular complexity index is 2960. The van der Waals surface area contributed by atoms with Crippen molar-refractivity contribution >= 4 is 54.3 Å². The molecule has 0 aliphatic heterocycles. The summed E-state index contributed by atoms with van der Waals surface area (Å²) >= 11 is 0. The van der Waals surface area contributed by atoms with Gasteiger partial charge in [-0.25, -0.2) is 0 Å². The van der Waals surface area contributed by atoms with Crippen LogP contribution in [0.25, 0.3) is 87.6 Å². The van der Waals surface area contributed by atoms with E-state index in [0.717, 1.165) is 54.2 Å². The number of benzene rings is 8. The molecule has 200 valence electrons. The van der Waals surface area contributed by atoms with Crippen LogP contribution >= 0.6 is 0 Å². The third-order valence-electron chi connectivity index (χ3n) is 8.19. The molecule has 0 amide bonds. The maximum Gasteiger partial charge on any atom is 0.136 e. The van der Waals surface area contributed by atoms with Crippen molar-refractivity contribution in [2.75, 3.05) is 0 Å². The van der Waals surface area contributed by atoms with Crippen molar-refractivity contribution in [2.24, 2.45) is 0 Å². The van der Waals surface area contributed by atoms with E-state index >= 15 is 0 Å². The average molecular weight is 557 g/mol. The van der Waals surface area contributed by atoms with E-state index in [1.165, 1.54) is 0 Å². The summed E-state index contributed by atoms with van der Waals surface area (Å²) in [5, 5.41) is 6.58. The SMILES string of the molecule is [2H]c1c([2H])c([2H])c(-c2ccc3cc4c(cc3c2)oc2cccc(-c3c5ccccc5c(-c5c([2H])c([2H])c([2H])c([2H])c5[2H])c5ccccc35)c24)c([2H])c1[2H]. The van der Waals surface area contributed by atoms with Crippen molar-refractivity contribution in [3.63, 3.8) is 0 Å². The van der Waals surface area contributed by atoms with Crippen LogP contribution in [0, 0.1) is 0 Å². The number of fused-ring (bicyclic) bond motifs is 6. The predicted molar refractivity (Wildman–Crippen MR) is 183 cm³/mol. The lowest BCUT2D eigenvalue weighted by atomic mass is 9.85. The molecule has 0 atom stereocenters. The van der Waals surface area contributed by atoms with E-state index in [9.17, 15) is 0 Å². The predicted octanol–water partition coefficient (Wildman–Crippen LogP) is 12.0. The van der Waals surface area contributed by atoms with Crippen molar-refractivity contribution in [2.45, 2.75) is 0 Å². The summed E-state index contributed by atoms with van der Waals surface area (Å²) in [5.74, 6) is 0. The molecule has 0 N–H and O–H groups in total. The van der Waals surface area contributed by atoms with Crippen molar-refractivity contribution < 1.29 is 18.1 Å². The minimum Gasteiger partial charge on any atom is -0.456 e. The Morgan fingerprint density at radius 1 is 0.419 bits per heavy atom. The van der Waals surface area contributed by atoms with Gasteiger partial charge in [0, 0.05) is 10.8 Å². The first kappa shape index (κ1) is 16.1. The summed E-state index contributed by atoms with van der Waals surface area (Å²) in [6.07, 6.45) is 0. The van der Waals surface area contributed by atoms with E-state index in [2.05, 4.69) is 0 Å². The van der Waals surface area contributed by atoms with Crippen molar-refractivity contribution in [1.82, 2.24) is 0 Å². The van der Waals surface area contributed by atoms with Crippen LogP contribution in [0.5, 0.6) is 0 Å². The van der Waals surface area contributed by atoms with Crippen molar-refractivity contribution in [3.05, 3.63) is 157 Å². The molecule has 0 saturated heterocycles. The van der Waals surface area contributed by atoms with Crippen LogP contribution in [0.15, 0.2) is 162 Å². The number of rotatable bonds is 3. The number of hydrogen-bond donors (Lipinski definition) is 0. The molecule has 0 radical (unpaired) electrons. The summed E-state index contributed by atoms with van der Waals surface area (Å²) in [6.45, 7) is 0. The van der Waals surface area contributed by atoms with Crippen LogP contribution in [0.1, 0.15) is 13.7 Å². The highest BCUT2D eigenvalue weighted by atomic mass is 16.3. The summed E-state index contributed by atoms with van der Waals surface area (Å²) in [4.78, 5) is 0. The maximum absolute atomic E-state index is 8.87. The highest BCUT2D eigenvalue weighted by molar-refractivity contribution is 6.26. The molecule has 0 aliphatic carbocycles. The lowest BCUT2D eigenvalue weighted by Crippen LogP contribution is -1.91. The fourth-order valence-electron chi connectivity index (χ4n) is 6.39. The molecular weight excluding hydrogens is 520 g/mol. The zero-order valence-corrected chi connectivity index (χ0v) is 22.6. The summed E-state index contributed by atoms with van der Waals surface area (Å²) in [5.41, 5.74) is 4.44. The van der Waals surface area contributed by atoms with Gasteiger partial charge in [-0.05, 0) is 90.0 Å². The van der Waals surface area contributed by atoms with Gasteiger partial charge in [0.25, 0.3) is 0 Å². The average Bonchev–Trinajstić information content (AvgIpc) is 3.54. The lowest BCUT2D eigenvalue weighted by molar-refractivity contribution is 0.669. The van der Waals surface area contributed by atoms with E-state index in [1.807, 2.05) is 91.0 Å². The first-order valence-corrected chi connectivity index (χ1v) is 13.9. The van der Waals surface area contributed by atoms with Crippen LogP contribution in [0.4, 0.5) is 0 Å². The second kappa shape index (κ2) is 9.44. The van der Waals surface area contributed by atoms with Crippen LogP contribution in [-0.2, 0) is 0 Å². The Hall–Kier alpha value is -5.66. The molecule has 0 bridgehead atoms. The number of hydrogen-bond acceptors (Lipinski definition) is 1. The topological polar surface area (TPSA) is 13.1 Å². The molecule has 0 aliphatic rings. The van der Waals surface area contributed by atoms with Gasteiger partial charge in [0.05, 0.1) is 13.7 Å². The van der Waals surface area contributed by atoms with E-state index in [1.54, 1.807) is 6.07 Å².